The monoisotopic (exact) mass is 386 g/mol. The molecule has 0 radical (unpaired) electrons. The number of aromatic nitrogens is 3. The first-order valence-corrected chi connectivity index (χ1v) is 8.95. The number of esters is 1. The molecule has 1 aliphatic carbocycles. The van der Waals surface area contributed by atoms with Gasteiger partial charge in [0.05, 0.1) is 29.0 Å². The summed E-state index contributed by atoms with van der Waals surface area (Å²) >= 11 is 0. The highest BCUT2D eigenvalue weighted by Crippen LogP contribution is 2.39. The summed E-state index contributed by atoms with van der Waals surface area (Å²) < 4.78 is 10.7. The fraction of sp³-hybridized carbons (Fsp3) is 0.143. The smallest absolute Gasteiger partial charge is 0.347 e. The molecule has 1 unspecified atom stereocenters. The Labute approximate surface area is 164 Å². The Morgan fingerprint density at radius 2 is 1.86 bits per heavy atom. The van der Waals surface area contributed by atoms with Crippen LogP contribution in [0.3, 0.4) is 0 Å². The van der Waals surface area contributed by atoms with Crippen molar-refractivity contribution in [2.75, 3.05) is 0 Å². The molecule has 5 rings (SSSR count). The number of aliphatic imine (C=N–C) groups is 1. The van der Waals surface area contributed by atoms with Gasteiger partial charge in [-0.15, -0.1) is 0 Å². The number of cyclic esters (lactones) is 1. The van der Waals surface area contributed by atoms with Gasteiger partial charge in [-0.05, 0) is 31.6 Å². The van der Waals surface area contributed by atoms with E-state index in [0.29, 0.717) is 28.7 Å². The number of carbonyl (C=O) groups is 1. The Morgan fingerprint density at radius 3 is 2.69 bits per heavy atom. The van der Waals surface area contributed by atoms with Gasteiger partial charge in [-0.2, -0.15) is 0 Å². The Bertz CT molecular complexity index is 1300. The fourth-order valence-electron chi connectivity index (χ4n) is 3.22. The van der Waals surface area contributed by atoms with Crippen LogP contribution in [0.4, 0.5) is 0 Å². The van der Waals surface area contributed by atoms with Gasteiger partial charge in [-0.3, -0.25) is 4.79 Å². The second-order valence-corrected chi connectivity index (χ2v) is 6.93. The SMILES string of the molecule is CC12CC=CC=C1N=C(c1cnc(-c3nc4ccccc4c(=O)o3)cn1)OC2=O. The summed E-state index contributed by atoms with van der Waals surface area (Å²) in [7, 11) is 0. The van der Waals surface area contributed by atoms with Crippen LogP contribution in [-0.4, -0.2) is 26.8 Å². The van der Waals surface area contributed by atoms with Crippen molar-refractivity contribution in [3.8, 4) is 11.6 Å². The second kappa shape index (κ2) is 6.30. The molecule has 2 aromatic heterocycles. The molecule has 0 bridgehead atoms. The molecule has 0 N–H and O–H groups in total. The maximum atomic E-state index is 12.5. The van der Waals surface area contributed by atoms with Crippen LogP contribution in [0.15, 0.2) is 74.8 Å². The van der Waals surface area contributed by atoms with Crippen LogP contribution in [0, 0.1) is 5.41 Å². The van der Waals surface area contributed by atoms with Gasteiger partial charge in [0.15, 0.2) is 0 Å². The van der Waals surface area contributed by atoms with Crippen LogP contribution < -0.4 is 5.63 Å². The molecule has 3 aromatic rings. The predicted molar refractivity (Wildman–Crippen MR) is 104 cm³/mol. The molecule has 8 heteroatoms. The van der Waals surface area contributed by atoms with Gasteiger partial charge in [0.1, 0.15) is 16.8 Å². The summed E-state index contributed by atoms with van der Waals surface area (Å²) in [6.07, 6.45) is 8.89. The van der Waals surface area contributed by atoms with Gasteiger partial charge in [0, 0.05) is 0 Å². The lowest BCUT2D eigenvalue weighted by atomic mass is 9.80. The summed E-state index contributed by atoms with van der Waals surface area (Å²) in [5, 5.41) is 0.391. The number of carbonyl (C=O) groups excluding carboxylic acids is 1. The number of allylic oxidation sites excluding steroid dienone is 3. The average Bonchev–Trinajstić information content (AvgIpc) is 2.74. The molecular formula is C21H14N4O4. The molecule has 0 spiro atoms. The maximum absolute atomic E-state index is 12.5. The summed E-state index contributed by atoms with van der Waals surface area (Å²) in [4.78, 5) is 41.9. The number of rotatable bonds is 2. The van der Waals surface area contributed by atoms with E-state index in [1.807, 2.05) is 12.2 Å². The van der Waals surface area contributed by atoms with Crippen molar-refractivity contribution in [1.82, 2.24) is 15.0 Å². The standard InChI is InChI=1S/C21H14N4O4/c1-21-9-5-4-8-16(21)25-18(29-20(21)27)15-11-22-14(10-23-15)17-24-13-7-3-2-6-12(13)19(26)28-17/h2-8,10-11H,9H2,1H3. The summed E-state index contributed by atoms with van der Waals surface area (Å²) in [6, 6.07) is 6.89. The van der Waals surface area contributed by atoms with Crippen molar-refractivity contribution in [1.29, 1.82) is 0 Å². The van der Waals surface area contributed by atoms with Gasteiger partial charge < -0.3 is 9.15 Å². The summed E-state index contributed by atoms with van der Waals surface area (Å²) in [5.41, 5.74) is 0.417. The average molecular weight is 386 g/mol. The van der Waals surface area contributed by atoms with Gasteiger partial charge in [0.25, 0.3) is 11.8 Å². The first-order chi connectivity index (χ1) is 14.0. The molecule has 1 atom stereocenters. The van der Waals surface area contributed by atoms with Gasteiger partial charge in [0.2, 0.25) is 0 Å². The van der Waals surface area contributed by atoms with Crippen molar-refractivity contribution in [3.05, 3.63) is 76.7 Å². The van der Waals surface area contributed by atoms with Crippen LogP contribution in [-0.2, 0) is 9.53 Å². The number of hydrogen-bond acceptors (Lipinski definition) is 8. The maximum Gasteiger partial charge on any atom is 0.347 e. The molecule has 142 valence electrons. The zero-order valence-electron chi connectivity index (χ0n) is 15.3. The van der Waals surface area contributed by atoms with E-state index in [2.05, 4.69) is 19.9 Å². The Morgan fingerprint density at radius 1 is 1.07 bits per heavy atom. The Hall–Kier alpha value is -3.94. The molecule has 29 heavy (non-hydrogen) atoms. The molecule has 1 aliphatic heterocycles. The molecule has 0 fully saturated rings. The zero-order chi connectivity index (χ0) is 20.0. The van der Waals surface area contributed by atoms with E-state index in [9.17, 15) is 9.59 Å². The van der Waals surface area contributed by atoms with E-state index in [-0.39, 0.29) is 23.5 Å². The lowest BCUT2D eigenvalue weighted by molar-refractivity contribution is -0.144. The number of ether oxygens (including phenoxy) is 1. The third-order valence-electron chi connectivity index (χ3n) is 4.97. The number of hydrogen-bond donors (Lipinski definition) is 0. The number of para-hydroxylation sites is 1. The minimum Gasteiger partial charge on any atom is -0.404 e. The fourth-order valence-corrected chi connectivity index (χ4v) is 3.22. The molecule has 0 saturated heterocycles. The molecule has 1 aromatic carbocycles. The highest BCUT2D eigenvalue weighted by Gasteiger charge is 2.43. The lowest BCUT2D eigenvalue weighted by Crippen LogP contribution is -2.38. The number of benzene rings is 1. The van der Waals surface area contributed by atoms with Crippen molar-refractivity contribution in [2.24, 2.45) is 10.4 Å². The minimum atomic E-state index is -0.788. The molecule has 2 aliphatic rings. The highest BCUT2D eigenvalue weighted by atomic mass is 16.5. The third-order valence-corrected chi connectivity index (χ3v) is 4.97. The number of nitrogens with zero attached hydrogens (tertiary/aromatic N) is 4. The van der Waals surface area contributed by atoms with Crippen LogP contribution in [0.25, 0.3) is 22.5 Å². The van der Waals surface area contributed by atoms with E-state index in [4.69, 9.17) is 9.15 Å². The number of fused-ring (bicyclic) bond motifs is 2. The first-order valence-electron chi connectivity index (χ1n) is 8.95. The molecule has 0 saturated carbocycles. The van der Waals surface area contributed by atoms with E-state index in [1.165, 1.54) is 12.4 Å². The molecular weight excluding hydrogens is 372 g/mol. The topological polar surface area (TPSA) is 108 Å². The zero-order valence-corrected chi connectivity index (χ0v) is 15.3. The van der Waals surface area contributed by atoms with E-state index in [1.54, 1.807) is 37.3 Å². The van der Waals surface area contributed by atoms with E-state index < -0.39 is 11.0 Å². The van der Waals surface area contributed by atoms with Crippen molar-refractivity contribution in [3.63, 3.8) is 0 Å². The molecule has 3 heterocycles. The quantitative estimate of drug-likeness (QED) is 0.623. The summed E-state index contributed by atoms with van der Waals surface area (Å²) in [5.74, 6) is -0.241. The van der Waals surface area contributed by atoms with Crippen LogP contribution in [0.5, 0.6) is 0 Å². The Balaban J connectivity index is 1.51. The van der Waals surface area contributed by atoms with E-state index >= 15 is 0 Å². The van der Waals surface area contributed by atoms with Crippen molar-refractivity contribution in [2.45, 2.75) is 13.3 Å². The largest absolute Gasteiger partial charge is 0.404 e. The second-order valence-electron chi connectivity index (χ2n) is 6.93. The molecule has 0 amide bonds. The van der Waals surface area contributed by atoms with Gasteiger partial charge >= 0.3 is 11.6 Å². The predicted octanol–water partition coefficient (Wildman–Crippen LogP) is 2.80. The van der Waals surface area contributed by atoms with Crippen LogP contribution in [0.1, 0.15) is 19.0 Å². The van der Waals surface area contributed by atoms with Crippen molar-refractivity contribution < 1.29 is 13.9 Å². The summed E-state index contributed by atoms with van der Waals surface area (Å²) in [6.45, 7) is 1.80. The first kappa shape index (κ1) is 17.2. The molecule has 8 nitrogen and oxygen atoms in total. The van der Waals surface area contributed by atoms with Gasteiger partial charge in [-0.1, -0.05) is 24.3 Å². The van der Waals surface area contributed by atoms with Crippen LogP contribution >= 0.6 is 0 Å². The highest BCUT2D eigenvalue weighted by molar-refractivity contribution is 6.04. The van der Waals surface area contributed by atoms with Crippen LogP contribution in [0.2, 0.25) is 0 Å². The van der Waals surface area contributed by atoms with Gasteiger partial charge in [-0.25, -0.2) is 24.7 Å². The van der Waals surface area contributed by atoms with Crippen molar-refractivity contribution >= 4 is 22.8 Å². The third kappa shape index (κ3) is 2.77. The Kier molecular flexibility index (Phi) is 3.73. The van der Waals surface area contributed by atoms with E-state index in [0.717, 1.165) is 0 Å². The normalized spacial score (nSPS) is 20.7. The lowest BCUT2D eigenvalue weighted by Gasteiger charge is -2.32. The minimum absolute atomic E-state index is 0.0584.